The van der Waals surface area contributed by atoms with Gasteiger partial charge in [0.2, 0.25) is 0 Å². The highest BCUT2D eigenvalue weighted by molar-refractivity contribution is 7.11. The van der Waals surface area contributed by atoms with E-state index in [0.29, 0.717) is 33.8 Å². The second-order valence-electron chi connectivity index (χ2n) is 5.07. The number of aromatic nitrogens is 1. The van der Waals surface area contributed by atoms with Crippen molar-refractivity contribution in [3.63, 3.8) is 0 Å². The van der Waals surface area contributed by atoms with Crippen molar-refractivity contribution in [1.82, 2.24) is 10.3 Å². The lowest BCUT2D eigenvalue weighted by Crippen LogP contribution is -2.23. The van der Waals surface area contributed by atoms with Gasteiger partial charge in [0.05, 0.1) is 12.7 Å². The van der Waals surface area contributed by atoms with Crippen LogP contribution in [0, 0.1) is 0 Å². The molecule has 1 aromatic heterocycles. The van der Waals surface area contributed by atoms with Gasteiger partial charge in [0.15, 0.2) is 0 Å². The average Bonchev–Trinajstić information content (AvgIpc) is 3.14. The van der Waals surface area contributed by atoms with Gasteiger partial charge < -0.3 is 14.8 Å². The van der Waals surface area contributed by atoms with Crippen molar-refractivity contribution in [2.75, 3.05) is 7.11 Å². The molecule has 0 aliphatic rings. The molecule has 0 radical (unpaired) electrons. The lowest BCUT2D eigenvalue weighted by atomic mass is 10.1. The lowest BCUT2D eigenvalue weighted by Gasteiger charge is -2.10. The predicted molar refractivity (Wildman–Crippen MR) is 97.8 cm³/mol. The van der Waals surface area contributed by atoms with Crippen molar-refractivity contribution in [3.8, 4) is 16.7 Å². The number of ether oxygens (including phenoxy) is 2. The minimum atomic E-state index is -0.248. The number of rotatable bonds is 6. The normalized spacial score (nSPS) is 10.3. The zero-order valence-electron chi connectivity index (χ0n) is 13.4. The second kappa shape index (κ2) is 8.00. The van der Waals surface area contributed by atoms with Crippen molar-refractivity contribution in [3.05, 3.63) is 70.2 Å². The third-order valence-corrected chi connectivity index (χ3v) is 4.28. The van der Waals surface area contributed by atoms with Gasteiger partial charge in [0, 0.05) is 23.1 Å². The van der Waals surface area contributed by atoms with Gasteiger partial charge >= 0.3 is 0 Å². The number of amides is 1. The van der Waals surface area contributed by atoms with E-state index in [1.165, 1.54) is 18.4 Å². The van der Waals surface area contributed by atoms with Crippen molar-refractivity contribution in [1.29, 1.82) is 0 Å². The summed E-state index contributed by atoms with van der Waals surface area (Å²) in [6.45, 7) is 0.381. The molecule has 0 unspecified atom stereocenters. The van der Waals surface area contributed by atoms with Crippen LogP contribution in [0.5, 0.6) is 16.7 Å². The lowest BCUT2D eigenvalue weighted by molar-refractivity contribution is 0.0948. The number of hydrogen-bond acceptors (Lipinski definition) is 5. The number of nitrogens with one attached hydrogen (secondary N) is 1. The quantitative estimate of drug-likeness (QED) is 0.688. The predicted octanol–water partition coefficient (Wildman–Crippen LogP) is 4.53. The second-order valence-corrected chi connectivity index (χ2v) is 6.36. The van der Waals surface area contributed by atoms with Crippen molar-refractivity contribution in [2.45, 2.75) is 6.54 Å². The van der Waals surface area contributed by atoms with Gasteiger partial charge in [0.25, 0.3) is 11.1 Å². The molecule has 3 rings (SSSR count). The minimum Gasteiger partial charge on any atom is -0.496 e. The minimum absolute atomic E-state index is 0.248. The summed E-state index contributed by atoms with van der Waals surface area (Å²) < 4.78 is 10.8. The molecule has 0 atom stereocenters. The van der Waals surface area contributed by atoms with Gasteiger partial charge in [-0.15, -0.1) is 0 Å². The molecule has 25 heavy (non-hydrogen) atoms. The smallest absolute Gasteiger partial charge is 0.278 e. The molecular formula is C18H15ClN2O3S. The van der Waals surface area contributed by atoms with E-state index >= 15 is 0 Å². The van der Waals surface area contributed by atoms with E-state index in [-0.39, 0.29) is 5.91 Å². The summed E-state index contributed by atoms with van der Waals surface area (Å²) in [5, 5.41) is 5.78. The van der Waals surface area contributed by atoms with Gasteiger partial charge in [-0.3, -0.25) is 4.79 Å². The summed E-state index contributed by atoms with van der Waals surface area (Å²) in [5.74, 6) is 0.929. The van der Waals surface area contributed by atoms with E-state index in [2.05, 4.69) is 10.3 Å². The fourth-order valence-corrected chi connectivity index (χ4v) is 2.85. The maximum absolute atomic E-state index is 12.3. The summed E-state index contributed by atoms with van der Waals surface area (Å²) in [7, 11) is 1.52. The van der Waals surface area contributed by atoms with Crippen LogP contribution in [0.15, 0.2) is 54.0 Å². The number of carbonyl (C=O) groups is 1. The van der Waals surface area contributed by atoms with E-state index in [0.717, 1.165) is 5.56 Å². The molecule has 0 aliphatic carbocycles. The number of hydrogen-bond donors (Lipinski definition) is 1. The molecule has 0 saturated heterocycles. The van der Waals surface area contributed by atoms with Crippen molar-refractivity contribution < 1.29 is 14.3 Å². The Morgan fingerprint density at radius 1 is 1.24 bits per heavy atom. The third-order valence-electron chi connectivity index (χ3n) is 3.40. The summed E-state index contributed by atoms with van der Waals surface area (Å²) in [6.07, 6.45) is 1.69. The van der Waals surface area contributed by atoms with Crippen molar-refractivity contribution in [2.24, 2.45) is 0 Å². The number of nitrogens with zero attached hydrogens (tertiary/aromatic N) is 1. The Labute approximate surface area is 154 Å². The molecule has 128 valence electrons. The van der Waals surface area contributed by atoms with Crippen LogP contribution in [0.3, 0.4) is 0 Å². The van der Waals surface area contributed by atoms with Crippen LogP contribution >= 0.6 is 22.9 Å². The highest BCUT2D eigenvalue weighted by Gasteiger charge is 2.12. The van der Waals surface area contributed by atoms with Crippen LogP contribution in [0.4, 0.5) is 0 Å². The Morgan fingerprint density at radius 2 is 2.04 bits per heavy atom. The van der Waals surface area contributed by atoms with Crippen LogP contribution in [0.25, 0.3) is 0 Å². The fraction of sp³-hybridized carbons (Fsp3) is 0.111. The fourth-order valence-electron chi connectivity index (χ4n) is 2.17. The van der Waals surface area contributed by atoms with E-state index in [9.17, 15) is 4.79 Å². The number of halogens is 1. The Hall–Kier alpha value is -2.57. The molecule has 0 aliphatic heterocycles. The molecule has 1 heterocycles. The first-order valence-electron chi connectivity index (χ1n) is 7.44. The standard InChI is InChI=1S/C18H15ClN2O3S/c1-23-16-7-4-13(19)10-15(16)17(22)21-11-12-2-5-14(6-3-12)24-18-20-8-9-25-18/h2-10H,11H2,1H3,(H,21,22). The number of thiazole rings is 1. The zero-order chi connectivity index (χ0) is 17.6. The molecule has 3 aromatic rings. The summed E-state index contributed by atoms with van der Waals surface area (Å²) in [6, 6.07) is 12.4. The first-order valence-corrected chi connectivity index (χ1v) is 8.69. The molecule has 0 spiro atoms. The molecule has 0 fully saturated rings. The highest BCUT2D eigenvalue weighted by Crippen LogP contribution is 2.24. The Bertz CT molecular complexity index is 851. The monoisotopic (exact) mass is 374 g/mol. The van der Waals surface area contributed by atoms with Crippen molar-refractivity contribution >= 4 is 28.8 Å². The van der Waals surface area contributed by atoms with Crippen LogP contribution in [-0.4, -0.2) is 18.0 Å². The Kier molecular flexibility index (Phi) is 5.53. The highest BCUT2D eigenvalue weighted by atomic mass is 35.5. The van der Waals surface area contributed by atoms with Gasteiger partial charge in [-0.2, -0.15) is 0 Å². The van der Waals surface area contributed by atoms with E-state index in [1.54, 1.807) is 24.4 Å². The topological polar surface area (TPSA) is 60.5 Å². The summed E-state index contributed by atoms with van der Waals surface area (Å²) >= 11 is 7.38. The van der Waals surface area contributed by atoms with E-state index < -0.39 is 0 Å². The number of methoxy groups -OCH3 is 1. The largest absolute Gasteiger partial charge is 0.496 e. The van der Waals surface area contributed by atoms with E-state index in [4.69, 9.17) is 21.1 Å². The molecule has 7 heteroatoms. The van der Waals surface area contributed by atoms with E-state index in [1.807, 2.05) is 29.6 Å². The number of benzene rings is 2. The molecule has 1 N–H and O–H groups in total. The summed E-state index contributed by atoms with van der Waals surface area (Å²) in [5.41, 5.74) is 1.35. The zero-order valence-corrected chi connectivity index (χ0v) is 14.9. The average molecular weight is 375 g/mol. The SMILES string of the molecule is COc1ccc(Cl)cc1C(=O)NCc1ccc(Oc2nccs2)cc1. The number of carbonyl (C=O) groups excluding carboxylic acids is 1. The third kappa shape index (κ3) is 4.49. The maximum atomic E-state index is 12.3. The molecular weight excluding hydrogens is 360 g/mol. The first kappa shape index (κ1) is 17.3. The van der Waals surface area contributed by atoms with Crippen LogP contribution in [-0.2, 0) is 6.54 Å². The van der Waals surface area contributed by atoms with Gasteiger partial charge in [-0.1, -0.05) is 35.1 Å². The van der Waals surface area contributed by atoms with Gasteiger partial charge in [-0.05, 0) is 35.9 Å². The van der Waals surface area contributed by atoms with Crippen LogP contribution < -0.4 is 14.8 Å². The Balaban J connectivity index is 1.61. The van der Waals surface area contributed by atoms with Crippen LogP contribution in [0.1, 0.15) is 15.9 Å². The first-order chi connectivity index (χ1) is 12.2. The molecule has 1 amide bonds. The molecule has 2 aromatic carbocycles. The molecule has 0 bridgehead atoms. The molecule has 5 nitrogen and oxygen atoms in total. The summed E-state index contributed by atoms with van der Waals surface area (Å²) in [4.78, 5) is 16.4. The van der Waals surface area contributed by atoms with Gasteiger partial charge in [-0.25, -0.2) is 4.98 Å². The van der Waals surface area contributed by atoms with Gasteiger partial charge in [0.1, 0.15) is 11.5 Å². The Morgan fingerprint density at radius 3 is 2.72 bits per heavy atom. The molecule has 0 saturated carbocycles. The maximum Gasteiger partial charge on any atom is 0.278 e. The van der Waals surface area contributed by atoms with Crippen LogP contribution in [0.2, 0.25) is 5.02 Å².